The Labute approximate surface area is 120 Å². The van der Waals surface area contributed by atoms with Gasteiger partial charge in [-0.2, -0.15) is 0 Å². The quantitative estimate of drug-likeness (QED) is 0.907. The summed E-state index contributed by atoms with van der Waals surface area (Å²) in [6, 6.07) is 7.87. The van der Waals surface area contributed by atoms with Crippen LogP contribution >= 0.6 is 0 Å². The molecule has 1 N–H and O–H groups in total. The molecule has 0 saturated carbocycles. The van der Waals surface area contributed by atoms with E-state index in [9.17, 15) is 0 Å². The zero-order valence-corrected chi connectivity index (χ0v) is 12.6. The van der Waals surface area contributed by atoms with Crippen LogP contribution in [0.4, 0.5) is 0 Å². The van der Waals surface area contributed by atoms with E-state index in [4.69, 9.17) is 4.42 Å². The van der Waals surface area contributed by atoms with E-state index >= 15 is 0 Å². The smallest absolute Gasteiger partial charge is 0.136 e. The van der Waals surface area contributed by atoms with Gasteiger partial charge in [-0.3, -0.25) is 4.98 Å². The van der Waals surface area contributed by atoms with Crippen LogP contribution in [0, 0.1) is 0 Å². The van der Waals surface area contributed by atoms with Crippen molar-refractivity contribution in [3.05, 3.63) is 48.0 Å². The summed E-state index contributed by atoms with van der Waals surface area (Å²) in [7, 11) is 0. The fourth-order valence-electron chi connectivity index (χ4n) is 1.79. The van der Waals surface area contributed by atoms with Gasteiger partial charge in [-0.25, -0.2) is 0 Å². The van der Waals surface area contributed by atoms with Crippen LogP contribution in [0.1, 0.15) is 33.5 Å². The molecule has 0 radical (unpaired) electrons. The molecule has 0 aliphatic carbocycles. The van der Waals surface area contributed by atoms with Gasteiger partial charge in [-0.05, 0) is 58.0 Å². The lowest BCUT2D eigenvalue weighted by Gasteiger charge is -2.20. The molecular formula is C17H22N2O. The van der Waals surface area contributed by atoms with Crippen molar-refractivity contribution in [3.63, 3.8) is 0 Å². The average molecular weight is 270 g/mol. The van der Waals surface area contributed by atoms with Gasteiger partial charge in [0.25, 0.3) is 0 Å². The molecule has 2 aromatic rings. The van der Waals surface area contributed by atoms with E-state index in [-0.39, 0.29) is 5.54 Å². The van der Waals surface area contributed by atoms with Gasteiger partial charge in [0.1, 0.15) is 11.5 Å². The Bertz CT molecular complexity index is 577. The average Bonchev–Trinajstić information content (AvgIpc) is 2.85. The third-order valence-electron chi connectivity index (χ3n) is 2.86. The maximum Gasteiger partial charge on any atom is 0.136 e. The third kappa shape index (κ3) is 4.35. The Morgan fingerprint density at radius 3 is 2.75 bits per heavy atom. The second-order valence-electron chi connectivity index (χ2n) is 6.04. The first-order chi connectivity index (χ1) is 9.44. The van der Waals surface area contributed by atoms with Gasteiger partial charge >= 0.3 is 0 Å². The molecule has 2 rings (SSSR count). The molecule has 0 atom stereocenters. The zero-order valence-electron chi connectivity index (χ0n) is 12.6. The summed E-state index contributed by atoms with van der Waals surface area (Å²) in [4.78, 5) is 4.10. The van der Waals surface area contributed by atoms with Gasteiger partial charge in [0.2, 0.25) is 0 Å². The number of nitrogens with zero attached hydrogens (tertiary/aromatic N) is 1. The maximum absolute atomic E-state index is 5.83. The van der Waals surface area contributed by atoms with Crippen molar-refractivity contribution in [3.8, 4) is 11.3 Å². The molecule has 0 aliphatic heterocycles. The van der Waals surface area contributed by atoms with E-state index in [1.807, 2.05) is 24.3 Å². The molecule has 0 fully saturated rings. The van der Waals surface area contributed by atoms with Crippen LogP contribution in [0.3, 0.4) is 0 Å². The Hall–Kier alpha value is -1.87. The summed E-state index contributed by atoms with van der Waals surface area (Å²) >= 11 is 0. The lowest BCUT2D eigenvalue weighted by molar-refractivity contribution is 0.445. The largest absolute Gasteiger partial charge is 0.457 e. The lowest BCUT2D eigenvalue weighted by Crippen LogP contribution is -2.36. The normalized spacial score (nSPS) is 12.7. The topological polar surface area (TPSA) is 38.1 Å². The molecule has 2 heterocycles. The van der Waals surface area contributed by atoms with Crippen LogP contribution in [-0.2, 0) is 0 Å². The van der Waals surface area contributed by atoms with Crippen LogP contribution in [-0.4, -0.2) is 17.1 Å². The first kappa shape index (κ1) is 14.5. The Morgan fingerprint density at radius 1 is 1.30 bits per heavy atom. The molecule has 0 saturated heterocycles. The summed E-state index contributed by atoms with van der Waals surface area (Å²) in [6.07, 6.45) is 5.63. The number of rotatable bonds is 4. The minimum atomic E-state index is 0.124. The highest BCUT2D eigenvalue weighted by Gasteiger charge is 2.08. The lowest BCUT2D eigenvalue weighted by atomic mass is 10.1. The summed E-state index contributed by atoms with van der Waals surface area (Å²) in [5.74, 6) is 1.72. The molecule has 0 aliphatic rings. The number of pyridine rings is 1. The van der Waals surface area contributed by atoms with E-state index < -0.39 is 0 Å². The monoisotopic (exact) mass is 270 g/mol. The highest BCUT2D eigenvalue weighted by Crippen LogP contribution is 2.22. The van der Waals surface area contributed by atoms with Crippen molar-refractivity contribution >= 4 is 6.08 Å². The second kappa shape index (κ2) is 6.06. The van der Waals surface area contributed by atoms with Gasteiger partial charge in [0.05, 0.1) is 0 Å². The van der Waals surface area contributed by atoms with Crippen LogP contribution in [0.15, 0.2) is 46.6 Å². The zero-order chi connectivity index (χ0) is 14.6. The van der Waals surface area contributed by atoms with Crippen LogP contribution < -0.4 is 5.32 Å². The Kier molecular flexibility index (Phi) is 4.40. The molecular weight excluding hydrogens is 248 g/mol. The predicted octanol–water partition coefficient (Wildman–Crippen LogP) is 4.13. The van der Waals surface area contributed by atoms with Crippen molar-refractivity contribution in [1.29, 1.82) is 0 Å². The summed E-state index contributed by atoms with van der Waals surface area (Å²) in [5.41, 5.74) is 2.36. The number of hydrogen-bond acceptors (Lipinski definition) is 3. The molecule has 2 aromatic heterocycles. The molecule has 3 heteroatoms. The molecule has 0 aromatic carbocycles. The van der Waals surface area contributed by atoms with E-state index in [0.29, 0.717) is 0 Å². The van der Waals surface area contributed by atoms with E-state index in [1.165, 1.54) is 5.57 Å². The van der Waals surface area contributed by atoms with Crippen LogP contribution in [0.5, 0.6) is 0 Å². The number of nitrogens with one attached hydrogen (secondary N) is 1. The van der Waals surface area contributed by atoms with E-state index in [2.05, 4.69) is 44.1 Å². The maximum atomic E-state index is 5.83. The van der Waals surface area contributed by atoms with Crippen molar-refractivity contribution in [2.45, 2.75) is 33.2 Å². The SMILES string of the molecule is CC(=Cc1ccc(-c2cccnc2)o1)CNC(C)(C)C. The predicted molar refractivity (Wildman–Crippen MR) is 83.3 cm³/mol. The van der Waals surface area contributed by atoms with Crippen LogP contribution in [0.25, 0.3) is 17.4 Å². The molecule has 106 valence electrons. The van der Waals surface area contributed by atoms with Gasteiger partial charge in [-0.15, -0.1) is 0 Å². The van der Waals surface area contributed by atoms with E-state index in [0.717, 1.165) is 23.6 Å². The fourth-order valence-corrected chi connectivity index (χ4v) is 1.79. The standard InChI is InChI=1S/C17H22N2O/c1-13(11-19-17(2,3)4)10-15-7-8-16(20-15)14-6-5-9-18-12-14/h5-10,12,19H,11H2,1-4H3. The van der Waals surface area contributed by atoms with Crippen LogP contribution in [0.2, 0.25) is 0 Å². The Balaban J connectivity index is 2.06. The summed E-state index contributed by atoms with van der Waals surface area (Å²) in [6.45, 7) is 9.44. The third-order valence-corrected chi connectivity index (χ3v) is 2.86. The molecule has 0 unspecified atom stereocenters. The minimum Gasteiger partial charge on any atom is -0.457 e. The molecule has 0 spiro atoms. The highest BCUT2D eigenvalue weighted by atomic mass is 16.3. The van der Waals surface area contributed by atoms with Gasteiger partial charge in [0.15, 0.2) is 0 Å². The van der Waals surface area contributed by atoms with Crippen molar-refractivity contribution in [1.82, 2.24) is 10.3 Å². The summed E-state index contributed by atoms with van der Waals surface area (Å²) < 4.78 is 5.83. The first-order valence-corrected chi connectivity index (χ1v) is 6.86. The number of hydrogen-bond donors (Lipinski definition) is 1. The number of furan rings is 1. The second-order valence-corrected chi connectivity index (χ2v) is 6.04. The van der Waals surface area contributed by atoms with Gasteiger partial charge in [-0.1, -0.05) is 5.57 Å². The van der Waals surface area contributed by atoms with Gasteiger partial charge in [0, 0.05) is 30.0 Å². The molecule has 0 amide bonds. The van der Waals surface area contributed by atoms with Crippen molar-refractivity contribution < 1.29 is 4.42 Å². The van der Waals surface area contributed by atoms with Gasteiger partial charge < -0.3 is 9.73 Å². The first-order valence-electron chi connectivity index (χ1n) is 6.86. The Morgan fingerprint density at radius 2 is 2.10 bits per heavy atom. The molecule has 3 nitrogen and oxygen atoms in total. The summed E-state index contributed by atoms with van der Waals surface area (Å²) in [5, 5.41) is 3.46. The highest BCUT2D eigenvalue weighted by molar-refractivity contribution is 5.59. The molecule has 20 heavy (non-hydrogen) atoms. The molecule has 0 bridgehead atoms. The number of aromatic nitrogens is 1. The van der Waals surface area contributed by atoms with Crippen molar-refractivity contribution in [2.75, 3.05) is 6.54 Å². The minimum absolute atomic E-state index is 0.124. The van der Waals surface area contributed by atoms with Crippen molar-refractivity contribution in [2.24, 2.45) is 0 Å². The fraction of sp³-hybridized carbons (Fsp3) is 0.353. The van der Waals surface area contributed by atoms with E-state index in [1.54, 1.807) is 12.4 Å².